The maximum Gasteiger partial charge on any atom is 0.123 e. The van der Waals surface area contributed by atoms with Crippen molar-refractivity contribution in [2.45, 2.75) is 12.1 Å². The van der Waals surface area contributed by atoms with E-state index in [1.54, 1.807) is 0 Å². The van der Waals surface area contributed by atoms with Gasteiger partial charge < -0.3 is 10.8 Å². The molecule has 0 aliphatic carbocycles. The summed E-state index contributed by atoms with van der Waals surface area (Å²) in [6.45, 7) is 0. The predicted octanol–water partition coefficient (Wildman–Crippen LogP) is 2.70. The van der Waals surface area contributed by atoms with Gasteiger partial charge in [-0.15, -0.1) is 0 Å². The van der Waals surface area contributed by atoms with E-state index in [9.17, 15) is 13.9 Å². The molecular weight excluding hydrogens is 236 g/mol. The highest BCUT2D eigenvalue weighted by molar-refractivity contribution is 5.26. The minimum Gasteiger partial charge on any atom is -0.386 e. The molecule has 2 atom stereocenters. The third-order valence-corrected chi connectivity index (χ3v) is 2.81. The zero-order chi connectivity index (χ0) is 13.1. The first-order valence-corrected chi connectivity index (χ1v) is 5.52. The molecule has 2 nitrogen and oxygen atoms in total. The third kappa shape index (κ3) is 2.72. The van der Waals surface area contributed by atoms with Crippen molar-refractivity contribution < 1.29 is 13.9 Å². The van der Waals surface area contributed by atoms with Gasteiger partial charge in [-0.05, 0) is 35.4 Å². The topological polar surface area (TPSA) is 46.2 Å². The molecule has 4 heteroatoms. The molecule has 0 heterocycles. The van der Waals surface area contributed by atoms with Crippen LogP contribution in [0.4, 0.5) is 8.78 Å². The van der Waals surface area contributed by atoms with Gasteiger partial charge in [-0.2, -0.15) is 0 Å². The molecule has 0 amide bonds. The van der Waals surface area contributed by atoms with E-state index in [1.807, 2.05) is 0 Å². The number of nitrogens with two attached hydrogens (primary N) is 1. The molecule has 0 aliphatic heterocycles. The number of hydrogen-bond donors (Lipinski definition) is 2. The van der Waals surface area contributed by atoms with Gasteiger partial charge in [0.25, 0.3) is 0 Å². The summed E-state index contributed by atoms with van der Waals surface area (Å²) in [6, 6.07) is 10.4. The molecule has 2 aromatic rings. The number of benzene rings is 2. The first kappa shape index (κ1) is 12.7. The fourth-order valence-electron chi connectivity index (χ4n) is 1.73. The van der Waals surface area contributed by atoms with Crippen LogP contribution in [0.2, 0.25) is 0 Å². The van der Waals surface area contributed by atoms with Crippen LogP contribution in [0, 0.1) is 11.6 Å². The lowest BCUT2D eigenvalue weighted by atomic mass is 9.97. The average Bonchev–Trinajstić information content (AvgIpc) is 2.39. The summed E-state index contributed by atoms with van der Waals surface area (Å²) in [5.41, 5.74) is 7.03. The van der Waals surface area contributed by atoms with Crippen molar-refractivity contribution >= 4 is 0 Å². The van der Waals surface area contributed by atoms with Crippen LogP contribution < -0.4 is 5.73 Å². The number of aliphatic hydroxyl groups excluding tert-OH is 1. The fraction of sp³-hybridized carbons (Fsp3) is 0.143. The molecule has 2 unspecified atom stereocenters. The highest BCUT2D eigenvalue weighted by Gasteiger charge is 2.18. The number of rotatable bonds is 3. The van der Waals surface area contributed by atoms with Crippen LogP contribution in [0.25, 0.3) is 0 Å². The predicted molar refractivity (Wildman–Crippen MR) is 64.7 cm³/mol. The van der Waals surface area contributed by atoms with Crippen LogP contribution in [0.3, 0.4) is 0 Å². The van der Waals surface area contributed by atoms with Crippen LogP contribution in [0.1, 0.15) is 23.3 Å². The molecule has 0 aliphatic rings. The lowest BCUT2D eigenvalue weighted by Gasteiger charge is -2.19. The molecule has 2 aromatic carbocycles. The Bertz CT molecular complexity index is 461. The summed E-state index contributed by atoms with van der Waals surface area (Å²) in [5.74, 6) is -0.733. The van der Waals surface area contributed by atoms with Crippen LogP contribution in [-0.2, 0) is 0 Å². The molecule has 0 fully saturated rings. The average molecular weight is 249 g/mol. The maximum absolute atomic E-state index is 12.8. The lowest BCUT2D eigenvalue weighted by Crippen LogP contribution is -2.19. The standard InChI is InChI=1S/C14H13F2NO/c15-11-5-1-9(2-6-11)13(17)14(18)10-3-7-12(16)8-4-10/h1-8,13-14,18H,17H2. The van der Waals surface area contributed by atoms with Crippen molar-refractivity contribution in [2.75, 3.05) is 0 Å². The molecule has 0 radical (unpaired) electrons. The van der Waals surface area contributed by atoms with E-state index >= 15 is 0 Å². The van der Waals surface area contributed by atoms with Gasteiger partial charge in [0.2, 0.25) is 0 Å². The normalized spacial score (nSPS) is 14.2. The fourth-order valence-corrected chi connectivity index (χ4v) is 1.73. The highest BCUT2D eigenvalue weighted by Crippen LogP contribution is 2.26. The zero-order valence-corrected chi connectivity index (χ0v) is 9.55. The number of halogens is 2. The van der Waals surface area contributed by atoms with Crippen LogP contribution in [0.15, 0.2) is 48.5 Å². The quantitative estimate of drug-likeness (QED) is 0.878. The highest BCUT2D eigenvalue weighted by atomic mass is 19.1. The van der Waals surface area contributed by atoms with Crippen LogP contribution >= 0.6 is 0 Å². The summed E-state index contributed by atoms with van der Waals surface area (Å²) in [6.07, 6.45) is -0.962. The zero-order valence-electron chi connectivity index (χ0n) is 9.55. The third-order valence-electron chi connectivity index (χ3n) is 2.81. The minimum absolute atomic E-state index is 0.359. The first-order chi connectivity index (χ1) is 8.58. The van der Waals surface area contributed by atoms with Crippen molar-refractivity contribution in [2.24, 2.45) is 5.73 Å². The van der Waals surface area contributed by atoms with Crippen LogP contribution in [0.5, 0.6) is 0 Å². The summed E-state index contributed by atoms with van der Waals surface area (Å²) in [4.78, 5) is 0. The van der Waals surface area contributed by atoms with Gasteiger partial charge in [0.15, 0.2) is 0 Å². The minimum atomic E-state index is -0.962. The summed E-state index contributed by atoms with van der Waals surface area (Å²) < 4.78 is 25.5. The maximum atomic E-state index is 12.8. The Hall–Kier alpha value is -1.78. The molecule has 18 heavy (non-hydrogen) atoms. The second-order valence-electron chi connectivity index (χ2n) is 4.07. The smallest absolute Gasteiger partial charge is 0.123 e. The largest absolute Gasteiger partial charge is 0.386 e. The molecular formula is C14H13F2NO. The SMILES string of the molecule is NC(c1ccc(F)cc1)C(O)c1ccc(F)cc1. The number of hydrogen-bond acceptors (Lipinski definition) is 2. The Morgan fingerprint density at radius 1 is 0.778 bits per heavy atom. The van der Waals surface area contributed by atoms with Crippen molar-refractivity contribution in [3.05, 3.63) is 71.3 Å². The van der Waals surface area contributed by atoms with E-state index in [2.05, 4.69) is 0 Å². The molecule has 0 aromatic heterocycles. The van der Waals surface area contributed by atoms with E-state index in [0.717, 1.165) is 0 Å². The van der Waals surface area contributed by atoms with Gasteiger partial charge in [0.1, 0.15) is 11.6 Å². The second-order valence-corrected chi connectivity index (χ2v) is 4.07. The van der Waals surface area contributed by atoms with Crippen molar-refractivity contribution in [3.63, 3.8) is 0 Å². The Labute approximate surface area is 104 Å². The molecule has 0 spiro atoms. The van der Waals surface area contributed by atoms with E-state index in [4.69, 9.17) is 5.73 Å². The lowest BCUT2D eigenvalue weighted by molar-refractivity contribution is 0.147. The van der Waals surface area contributed by atoms with Crippen molar-refractivity contribution in [3.8, 4) is 0 Å². The van der Waals surface area contributed by atoms with E-state index in [0.29, 0.717) is 11.1 Å². The molecule has 3 N–H and O–H groups in total. The summed E-state index contributed by atoms with van der Waals surface area (Å²) in [5, 5.41) is 10.1. The Morgan fingerprint density at radius 2 is 1.17 bits per heavy atom. The number of aliphatic hydroxyl groups is 1. The van der Waals surface area contributed by atoms with Gasteiger partial charge in [-0.25, -0.2) is 8.78 Å². The molecule has 94 valence electrons. The second kappa shape index (κ2) is 5.25. The Balaban J connectivity index is 2.20. The van der Waals surface area contributed by atoms with E-state index in [1.165, 1.54) is 48.5 Å². The van der Waals surface area contributed by atoms with Crippen molar-refractivity contribution in [1.29, 1.82) is 0 Å². The summed E-state index contributed by atoms with van der Waals surface area (Å²) >= 11 is 0. The summed E-state index contributed by atoms with van der Waals surface area (Å²) in [7, 11) is 0. The van der Waals surface area contributed by atoms with Gasteiger partial charge in [-0.1, -0.05) is 24.3 Å². The molecule has 2 rings (SSSR count). The molecule has 0 bridgehead atoms. The molecule has 0 saturated heterocycles. The Kier molecular flexibility index (Phi) is 3.69. The monoisotopic (exact) mass is 249 g/mol. The van der Waals surface area contributed by atoms with Crippen LogP contribution in [-0.4, -0.2) is 5.11 Å². The van der Waals surface area contributed by atoms with E-state index < -0.39 is 12.1 Å². The first-order valence-electron chi connectivity index (χ1n) is 5.52. The van der Waals surface area contributed by atoms with E-state index in [-0.39, 0.29) is 11.6 Å². The van der Waals surface area contributed by atoms with Gasteiger partial charge >= 0.3 is 0 Å². The van der Waals surface area contributed by atoms with Crippen molar-refractivity contribution in [1.82, 2.24) is 0 Å². The molecule has 0 saturated carbocycles. The van der Waals surface area contributed by atoms with Gasteiger partial charge in [0, 0.05) is 0 Å². The Morgan fingerprint density at radius 3 is 1.61 bits per heavy atom. The van der Waals surface area contributed by atoms with Gasteiger partial charge in [-0.3, -0.25) is 0 Å². The van der Waals surface area contributed by atoms with Gasteiger partial charge in [0.05, 0.1) is 12.1 Å².